The van der Waals surface area contributed by atoms with Crippen molar-refractivity contribution in [3.05, 3.63) is 25.3 Å². The second-order valence-corrected chi connectivity index (χ2v) is 18.4. The van der Waals surface area contributed by atoms with Crippen molar-refractivity contribution in [2.24, 2.45) is 0 Å². The molecule has 34 heavy (non-hydrogen) atoms. The van der Waals surface area contributed by atoms with Crippen molar-refractivity contribution in [2.75, 3.05) is 46.6 Å². The molecule has 0 radical (unpaired) electrons. The van der Waals surface area contributed by atoms with Crippen LogP contribution < -0.4 is 0 Å². The molecular weight excluding hydrogens is 474 g/mol. The van der Waals surface area contributed by atoms with Crippen molar-refractivity contribution in [1.29, 1.82) is 0 Å². The molecule has 2 N–H and O–H groups in total. The fraction of sp³-hybridized carbons (Fsp3) is 0.739. The molecule has 0 heterocycles. The van der Waals surface area contributed by atoms with Crippen molar-refractivity contribution < 1.29 is 38.1 Å². The fourth-order valence-electron chi connectivity index (χ4n) is 3.39. The number of amides is 1. The summed E-state index contributed by atoms with van der Waals surface area (Å²) in [6.45, 7) is 17.0. The van der Waals surface area contributed by atoms with E-state index in [9.17, 15) is 19.8 Å². The Hall–Kier alpha value is -1.35. The lowest BCUT2D eigenvalue weighted by Gasteiger charge is -2.34. The Balaban J connectivity index is 4.03. The molecule has 0 spiro atoms. The number of ether oxygens (including phenoxy) is 3. The zero-order chi connectivity index (χ0) is 26.2. The van der Waals surface area contributed by atoms with Crippen molar-refractivity contribution in [3.8, 4) is 0 Å². The highest BCUT2D eigenvalue weighted by Gasteiger charge is 2.32. The van der Waals surface area contributed by atoms with E-state index in [2.05, 4.69) is 39.3 Å². The van der Waals surface area contributed by atoms with E-state index in [1.54, 1.807) is 7.05 Å². The van der Waals surface area contributed by atoms with Crippen molar-refractivity contribution in [1.82, 2.24) is 4.90 Å². The average Bonchev–Trinajstić information content (AvgIpc) is 2.75. The summed E-state index contributed by atoms with van der Waals surface area (Å²) >= 11 is 0. The molecule has 0 saturated carbocycles. The second-order valence-electron chi connectivity index (χ2n) is 9.54. The summed E-state index contributed by atoms with van der Waals surface area (Å²) in [6, 6.07) is 1.91. The van der Waals surface area contributed by atoms with Gasteiger partial charge in [-0.2, -0.15) is 0 Å². The van der Waals surface area contributed by atoms with Gasteiger partial charge < -0.3 is 33.4 Å². The third-order valence-corrected chi connectivity index (χ3v) is 12.5. The maximum Gasteiger partial charge on any atom is 0.330 e. The van der Waals surface area contributed by atoms with Gasteiger partial charge in [0.25, 0.3) is 0 Å². The van der Waals surface area contributed by atoms with Gasteiger partial charge in [-0.3, -0.25) is 4.79 Å². The smallest absolute Gasteiger partial charge is 0.330 e. The lowest BCUT2D eigenvalue weighted by atomic mass is 10.3. The number of carbonyl (C=O) groups excluding carboxylic acids is 2. The summed E-state index contributed by atoms with van der Waals surface area (Å²) in [7, 11) is -2.10. The quantitative estimate of drug-likeness (QED) is 0.109. The van der Waals surface area contributed by atoms with E-state index in [1.807, 2.05) is 0 Å². The molecule has 11 heteroatoms. The molecule has 0 aromatic carbocycles. The van der Waals surface area contributed by atoms with Crippen LogP contribution in [0.1, 0.15) is 12.8 Å². The molecular formula is C23H45NO8Si2. The predicted octanol–water partition coefficient (Wildman–Crippen LogP) is 2.32. The number of hydrogen-bond donors (Lipinski definition) is 2. The van der Waals surface area contributed by atoms with E-state index in [0.717, 1.165) is 31.0 Å². The van der Waals surface area contributed by atoms with Gasteiger partial charge >= 0.3 is 5.97 Å². The minimum atomic E-state index is -1.86. The molecule has 2 atom stereocenters. The first-order valence-corrected chi connectivity index (χ1v) is 17.9. The number of rotatable bonds is 20. The van der Waals surface area contributed by atoms with Crippen LogP contribution in [0, 0.1) is 0 Å². The third-order valence-electron chi connectivity index (χ3n) is 4.93. The Morgan fingerprint density at radius 1 is 0.882 bits per heavy atom. The molecule has 198 valence electrons. The SMILES string of the molecule is C=CC(=O)OCC(O)COCCC[Si](C)(C)O[Si](C)(C)CCCOCC(O)CN(C)C(=O)C=C. The monoisotopic (exact) mass is 519 g/mol. The Morgan fingerprint density at radius 2 is 1.38 bits per heavy atom. The average molecular weight is 520 g/mol. The molecule has 0 aliphatic heterocycles. The van der Waals surface area contributed by atoms with Crippen LogP contribution in [-0.2, 0) is 27.9 Å². The number of aliphatic hydroxyl groups is 2. The molecule has 0 aromatic rings. The maximum atomic E-state index is 11.4. The van der Waals surface area contributed by atoms with Gasteiger partial charge in [-0.1, -0.05) is 13.2 Å². The summed E-state index contributed by atoms with van der Waals surface area (Å²) in [5.74, 6) is -0.795. The first-order valence-electron chi connectivity index (χ1n) is 11.7. The fourth-order valence-corrected chi connectivity index (χ4v) is 12.2. The standard InChI is InChI=1S/C23H45NO8Si2/c1-8-22(27)24(3)16-20(25)17-29-12-10-14-33(4,5)32-34(6,7)15-11-13-30-18-21(26)19-31-23(28)9-2/h8-9,20-21,25-26H,1-2,10-19H2,3-7H3. The molecule has 0 bridgehead atoms. The van der Waals surface area contributed by atoms with E-state index in [4.69, 9.17) is 18.3 Å². The van der Waals surface area contributed by atoms with Gasteiger partial charge in [-0.25, -0.2) is 4.79 Å². The number of esters is 1. The molecule has 0 aliphatic carbocycles. The van der Waals surface area contributed by atoms with Crippen molar-refractivity contribution >= 4 is 28.5 Å². The molecule has 9 nitrogen and oxygen atoms in total. The normalized spacial score (nSPS) is 13.7. The highest BCUT2D eigenvalue weighted by atomic mass is 28.4. The molecule has 0 saturated heterocycles. The number of nitrogens with zero attached hydrogens (tertiary/aromatic N) is 1. The lowest BCUT2D eigenvalue weighted by molar-refractivity contribution is -0.141. The maximum absolute atomic E-state index is 11.4. The van der Waals surface area contributed by atoms with Gasteiger partial charge in [-0.15, -0.1) is 0 Å². The van der Waals surface area contributed by atoms with Crippen molar-refractivity contribution in [3.63, 3.8) is 0 Å². The van der Waals surface area contributed by atoms with Gasteiger partial charge in [0.05, 0.1) is 19.3 Å². The lowest BCUT2D eigenvalue weighted by Crippen LogP contribution is -2.44. The van der Waals surface area contributed by atoms with Gasteiger partial charge in [0, 0.05) is 32.9 Å². The van der Waals surface area contributed by atoms with E-state index >= 15 is 0 Å². The Bertz CT molecular complexity index is 630. The Morgan fingerprint density at radius 3 is 1.85 bits per heavy atom. The van der Waals surface area contributed by atoms with Gasteiger partial charge in [0.2, 0.25) is 5.91 Å². The Kier molecular flexibility index (Phi) is 16.5. The highest BCUT2D eigenvalue weighted by molar-refractivity contribution is 6.84. The summed E-state index contributed by atoms with van der Waals surface area (Å²) in [5, 5.41) is 19.7. The summed E-state index contributed by atoms with van der Waals surface area (Å²) < 4.78 is 22.4. The molecule has 0 fully saturated rings. The molecule has 0 aliphatic rings. The first-order chi connectivity index (χ1) is 15.8. The molecule has 0 rings (SSSR count). The number of carbonyl (C=O) groups is 2. The van der Waals surface area contributed by atoms with E-state index in [1.165, 1.54) is 11.0 Å². The topological polar surface area (TPSA) is 115 Å². The second kappa shape index (κ2) is 17.1. The largest absolute Gasteiger partial charge is 0.460 e. The zero-order valence-electron chi connectivity index (χ0n) is 21.6. The van der Waals surface area contributed by atoms with Crippen LogP contribution in [0.2, 0.25) is 38.3 Å². The van der Waals surface area contributed by atoms with Crippen LogP contribution in [0.25, 0.3) is 0 Å². The van der Waals surface area contributed by atoms with Gasteiger partial charge in [0.1, 0.15) is 12.7 Å². The van der Waals surface area contributed by atoms with Gasteiger partial charge in [-0.05, 0) is 57.2 Å². The van der Waals surface area contributed by atoms with Crippen LogP contribution in [0.5, 0.6) is 0 Å². The summed E-state index contributed by atoms with van der Waals surface area (Å²) in [4.78, 5) is 23.8. The zero-order valence-corrected chi connectivity index (χ0v) is 23.6. The van der Waals surface area contributed by atoms with Crippen LogP contribution >= 0.6 is 0 Å². The first kappa shape index (κ1) is 32.7. The van der Waals surface area contributed by atoms with E-state index in [0.29, 0.717) is 13.2 Å². The minimum absolute atomic E-state index is 0.108. The highest BCUT2D eigenvalue weighted by Crippen LogP contribution is 2.23. The van der Waals surface area contributed by atoms with E-state index in [-0.39, 0.29) is 32.3 Å². The minimum Gasteiger partial charge on any atom is -0.460 e. The van der Waals surface area contributed by atoms with Gasteiger partial charge in [0.15, 0.2) is 16.6 Å². The number of hydrogen-bond acceptors (Lipinski definition) is 8. The molecule has 0 aromatic heterocycles. The van der Waals surface area contributed by atoms with Crippen LogP contribution in [0.3, 0.4) is 0 Å². The van der Waals surface area contributed by atoms with Crippen LogP contribution in [-0.4, -0.2) is 102 Å². The van der Waals surface area contributed by atoms with Crippen LogP contribution in [0.15, 0.2) is 25.3 Å². The predicted molar refractivity (Wildman–Crippen MR) is 138 cm³/mol. The number of aliphatic hydroxyl groups excluding tert-OH is 2. The van der Waals surface area contributed by atoms with E-state index < -0.39 is 34.8 Å². The third kappa shape index (κ3) is 17.1. The summed E-state index contributed by atoms with van der Waals surface area (Å²) in [6.07, 6.45) is 2.39. The van der Waals surface area contributed by atoms with Crippen molar-refractivity contribution in [2.45, 2.75) is 63.3 Å². The molecule has 2 unspecified atom stereocenters. The van der Waals surface area contributed by atoms with Crippen LogP contribution in [0.4, 0.5) is 0 Å². The summed E-state index contributed by atoms with van der Waals surface area (Å²) in [5.41, 5.74) is 0. The molecule has 1 amide bonds. The number of likely N-dealkylation sites (N-methyl/N-ethyl adjacent to an activating group) is 1. The Labute approximate surface area is 207 Å².